The molecule has 9 nitrogen and oxygen atoms in total. The fourth-order valence-electron chi connectivity index (χ4n) is 3.73. The van der Waals surface area contributed by atoms with E-state index in [4.69, 9.17) is 0 Å². The molecule has 1 aromatic carbocycles. The van der Waals surface area contributed by atoms with E-state index >= 15 is 0 Å². The molecule has 3 heterocycles. The van der Waals surface area contributed by atoms with Crippen molar-refractivity contribution in [3.05, 3.63) is 63.3 Å². The number of aromatic amines is 1. The molecule has 0 bridgehead atoms. The molecule has 11 heteroatoms. The molecule has 0 atom stereocenters. The van der Waals surface area contributed by atoms with Gasteiger partial charge in [0.15, 0.2) is 11.2 Å². The third-order valence-electron chi connectivity index (χ3n) is 5.28. The van der Waals surface area contributed by atoms with Gasteiger partial charge in [-0.15, -0.1) is 5.10 Å². The smallest absolute Gasteiger partial charge is 0.276 e. The van der Waals surface area contributed by atoms with Gasteiger partial charge in [0.2, 0.25) is 5.91 Å². The van der Waals surface area contributed by atoms with Gasteiger partial charge in [0.1, 0.15) is 11.6 Å². The molecule has 0 saturated carbocycles. The van der Waals surface area contributed by atoms with Crippen molar-refractivity contribution in [2.24, 2.45) is 5.92 Å². The third-order valence-corrected chi connectivity index (χ3v) is 5.28. The number of aryl methyl sites for hydroxylation is 1. The van der Waals surface area contributed by atoms with Crippen LogP contribution in [0.1, 0.15) is 34.6 Å². The minimum absolute atomic E-state index is 0.0150. The minimum Gasteiger partial charge on any atom is -0.352 e. The summed E-state index contributed by atoms with van der Waals surface area (Å²) in [6, 6.07) is 3.10. The average molecular weight is 430 g/mol. The van der Waals surface area contributed by atoms with Gasteiger partial charge >= 0.3 is 0 Å². The molecule has 4 rings (SSSR count). The predicted molar refractivity (Wildman–Crippen MR) is 105 cm³/mol. The second kappa shape index (κ2) is 8.25. The molecular formula is C20H20F2N6O3. The van der Waals surface area contributed by atoms with Crippen molar-refractivity contribution in [3.63, 3.8) is 0 Å². The monoisotopic (exact) mass is 430 g/mol. The van der Waals surface area contributed by atoms with E-state index in [9.17, 15) is 23.2 Å². The summed E-state index contributed by atoms with van der Waals surface area (Å²) in [6.07, 6.45) is 2.41. The highest BCUT2D eigenvalue weighted by molar-refractivity contribution is 5.98. The highest BCUT2D eigenvalue weighted by Crippen LogP contribution is 2.20. The number of hydrogen-bond donors (Lipinski definition) is 2. The first-order valence-electron chi connectivity index (χ1n) is 9.78. The van der Waals surface area contributed by atoms with Crippen LogP contribution in [-0.2, 0) is 11.3 Å². The maximum atomic E-state index is 13.3. The number of hydrogen-bond acceptors (Lipinski definition) is 5. The molecule has 2 N–H and O–H groups in total. The number of carbonyl (C=O) groups is 2. The zero-order valence-corrected chi connectivity index (χ0v) is 16.7. The summed E-state index contributed by atoms with van der Waals surface area (Å²) in [5, 5.41) is 10.4. The number of rotatable bonds is 4. The van der Waals surface area contributed by atoms with Crippen LogP contribution in [0, 0.1) is 24.5 Å². The number of nitrogens with one attached hydrogen (secondary N) is 2. The van der Waals surface area contributed by atoms with Crippen LogP contribution in [0.25, 0.3) is 5.52 Å². The van der Waals surface area contributed by atoms with Crippen LogP contribution in [0.15, 0.2) is 29.2 Å². The molecule has 3 aromatic rings. The van der Waals surface area contributed by atoms with E-state index in [1.807, 2.05) is 0 Å². The Bertz CT molecular complexity index is 1190. The van der Waals surface area contributed by atoms with Gasteiger partial charge in [0.25, 0.3) is 11.5 Å². The number of likely N-dealkylation sites (tertiary alicyclic amines) is 1. The Morgan fingerprint density at radius 3 is 2.55 bits per heavy atom. The van der Waals surface area contributed by atoms with E-state index in [-0.39, 0.29) is 29.6 Å². The molecule has 1 aliphatic heterocycles. The highest BCUT2D eigenvalue weighted by Gasteiger charge is 2.30. The van der Waals surface area contributed by atoms with Gasteiger partial charge < -0.3 is 15.2 Å². The van der Waals surface area contributed by atoms with Crippen LogP contribution in [0.4, 0.5) is 8.78 Å². The molecule has 0 radical (unpaired) electrons. The fraction of sp³-hybridized carbons (Fsp3) is 0.350. The van der Waals surface area contributed by atoms with Crippen molar-refractivity contribution in [3.8, 4) is 0 Å². The number of carbonyl (C=O) groups excluding carboxylic acids is 2. The number of amides is 2. The van der Waals surface area contributed by atoms with Gasteiger partial charge in [-0.2, -0.15) is 0 Å². The van der Waals surface area contributed by atoms with E-state index < -0.39 is 23.1 Å². The maximum absolute atomic E-state index is 13.3. The van der Waals surface area contributed by atoms with Crippen molar-refractivity contribution in [1.29, 1.82) is 0 Å². The van der Waals surface area contributed by atoms with E-state index in [1.54, 1.807) is 13.1 Å². The Labute approximate surface area is 175 Å². The molecule has 0 unspecified atom stereocenters. The van der Waals surface area contributed by atoms with E-state index in [0.717, 1.165) is 18.2 Å². The summed E-state index contributed by atoms with van der Waals surface area (Å²) >= 11 is 0. The largest absolute Gasteiger partial charge is 0.352 e. The van der Waals surface area contributed by atoms with Crippen molar-refractivity contribution in [1.82, 2.24) is 30.0 Å². The highest BCUT2D eigenvalue weighted by atomic mass is 19.1. The van der Waals surface area contributed by atoms with Gasteiger partial charge in [-0.05, 0) is 37.5 Å². The first-order chi connectivity index (χ1) is 14.8. The quantitative estimate of drug-likeness (QED) is 0.645. The second-order valence-corrected chi connectivity index (χ2v) is 7.56. The van der Waals surface area contributed by atoms with E-state index in [0.29, 0.717) is 37.2 Å². The second-order valence-electron chi connectivity index (χ2n) is 7.56. The Morgan fingerprint density at radius 1 is 1.19 bits per heavy atom. The zero-order chi connectivity index (χ0) is 22.1. The van der Waals surface area contributed by atoms with Crippen molar-refractivity contribution in [2.75, 3.05) is 13.1 Å². The molecule has 1 aliphatic rings. The van der Waals surface area contributed by atoms with Gasteiger partial charge in [-0.25, -0.2) is 13.3 Å². The van der Waals surface area contributed by atoms with Gasteiger partial charge in [-0.3, -0.25) is 14.4 Å². The molecule has 162 valence electrons. The number of aromatic nitrogens is 4. The van der Waals surface area contributed by atoms with Gasteiger partial charge in [0.05, 0.1) is 6.20 Å². The molecule has 1 saturated heterocycles. The number of fused-ring (bicyclic) bond motifs is 1. The van der Waals surface area contributed by atoms with Gasteiger partial charge in [-0.1, -0.05) is 5.21 Å². The summed E-state index contributed by atoms with van der Waals surface area (Å²) in [5.41, 5.74) is 0.527. The van der Waals surface area contributed by atoms with Gasteiger partial charge in [0, 0.05) is 37.3 Å². The Hall–Kier alpha value is -3.63. The molecule has 1 fully saturated rings. The molecule has 0 aliphatic carbocycles. The zero-order valence-electron chi connectivity index (χ0n) is 16.7. The van der Waals surface area contributed by atoms with Crippen molar-refractivity contribution in [2.45, 2.75) is 26.3 Å². The summed E-state index contributed by atoms with van der Waals surface area (Å²) < 4.78 is 27.8. The fourth-order valence-corrected chi connectivity index (χ4v) is 3.73. The Morgan fingerprint density at radius 2 is 1.87 bits per heavy atom. The molecule has 31 heavy (non-hydrogen) atoms. The van der Waals surface area contributed by atoms with E-state index in [1.165, 1.54) is 9.42 Å². The number of nitrogens with zero attached hydrogens (tertiary/aromatic N) is 4. The van der Waals surface area contributed by atoms with E-state index in [2.05, 4.69) is 20.6 Å². The standard InChI is InChI=1S/C20H20F2N6O3/c1-11-10-28-17(19(30)24-11)16(25-26-28)20(31)27-4-2-13(3-5-27)18(29)23-9-12-6-14(21)8-15(22)7-12/h6-8,10,13H,2-5,9H2,1H3,(H,23,29)(H,24,30). The average Bonchev–Trinajstić information content (AvgIpc) is 3.15. The van der Waals surface area contributed by atoms with Crippen LogP contribution in [0.3, 0.4) is 0 Å². The number of halogens is 2. The SMILES string of the molecule is Cc1cn2nnc(C(=O)N3CCC(C(=O)NCc4cc(F)cc(F)c4)CC3)c2c(=O)[nH]1. The number of piperidine rings is 1. The topological polar surface area (TPSA) is 112 Å². The van der Waals surface area contributed by atoms with Crippen molar-refractivity contribution < 1.29 is 18.4 Å². The molecular weight excluding hydrogens is 410 g/mol. The lowest BCUT2D eigenvalue weighted by Crippen LogP contribution is -2.43. The summed E-state index contributed by atoms with van der Waals surface area (Å²) in [5.74, 6) is -2.39. The van der Waals surface area contributed by atoms with Crippen molar-refractivity contribution >= 4 is 17.3 Å². The Kier molecular flexibility index (Phi) is 5.49. The molecule has 0 spiro atoms. The van der Waals surface area contributed by atoms with Crippen LogP contribution >= 0.6 is 0 Å². The number of benzene rings is 1. The normalized spacial score (nSPS) is 14.7. The predicted octanol–water partition coefficient (Wildman–Crippen LogP) is 1.17. The lowest BCUT2D eigenvalue weighted by atomic mass is 9.95. The van der Waals surface area contributed by atoms with Crippen LogP contribution in [0.2, 0.25) is 0 Å². The molecule has 2 amide bonds. The summed E-state index contributed by atoms with van der Waals surface area (Å²) in [7, 11) is 0. The first kappa shape index (κ1) is 20.6. The lowest BCUT2D eigenvalue weighted by molar-refractivity contribution is -0.126. The number of H-pyrrole nitrogens is 1. The van der Waals surface area contributed by atoms with Crippen LogP contribution in [-0.4, -0.2) is 49.6 Å². The van der Waals surface area contributed by atoms with Crippen LogP contribution < -0.4 is 10.9 Å². The third kappa shape index (κ3) is 4.30. The summed E-state index contributed by atoms with van der Waals surface area (Å²) in [6.45, 7) is 2.34. The minimum atomic E-state index is -0.702. The first-order valence-corrected chi connectivity index (χ1v) is 9.78. The molecule has 2 aromatic heterocycles. The Balaban J connectivity index is 1.36. The lowest BCUT2D eigenvalue weighted by Gasteiger charge is -2.30. The maximum Gasteiger partial charge on any atom is 0.276 e. The van der Waals surface area contributed by atoms with Crippen LogP contribution in [0.5, 0.6) is 0 Å². The summed E-state index contributed by atoms with van der Waals surface area (Å²) in [4.78, 5) is 41.7.